The molecule has 1 N–H and O–H groups in total. The Balaban J connectivity index is 2.47. The van der Waals surface area contributed by atoms with E-state index in [1.54, 1.807) is 0 Å². The summed E-state index contributed by atoms with van der Waals surface area (Å²) in [5.74, 6) is 1.88. The zero-order chi connectivity index (χ0) is 14.0. The van der Waals surface area contributed by atoms with Crippen LogP contribution in [-0.4, -0.2) is 6.54 Å². The molecule has 0 bridgehead atoms. The van der Waals surface area contributed by atoms with Crippen LogP contribution in [0.3, 0.4) is 0 Å². The highest BCUT2D eigenvalue weighted by Gasteiger charge is 2.19. The first kappa shape index (κ1) is 14.2. The number of aryl methyl sites for hydroxylation is 3. The largest absolute Gasteiger partial charge is 0.464 e. The Morgan fingerprint density at radius 3 is 2.47 bits per heavy atom. The van der Waals surface area contributed by atoms with Gasteiger partial charge in [0.05, 0.1) is 6.04 Å². The number of nitrogens with one attached hydrogen (secondary N) is 1. The maximum atomic E-state index is 6.17. The summed E-state index contributed by atoms with van der Waals surface area (Å²) in [5, 5.41) is 4.29. The van der Waals surface area contributed by atoms with Gasteiger partial charge in [0.2, 0.25) is 0 Å². The van der Waals surface area contributed by atoms with Crippen LogP contribution in [0, 0.1) is 20.8 Å². The number of furan rings is 1. The summed E-state index contributed by atoms with van der Waals surface area (Å²) < 4.78 is 5.78. The van der Waals surface area contributed by atoms with Crippen molar-refractivity contribution in [2.24, 2.45) is 0 Å². The van der Waals surface area contributed by atoms with Crippen LogP contribution in [0.4, 0.5) is 0 Å². The SMILES string of the molecule is CCNC(c1ccc(C)o1)c1cc(C)c(Cl)cc1C. The van der Waals surface area contributed by atoms with Crippen molar-refractivity contribution in [1.82, 2.24) is 5.32 Å². The summed E-state index contributed by atoms with van der Waals surface area (Å²) >= 11 is 6.17. The fourth-order valence-corrected chi connectivity index (χ4v) is 2.51. The van der Waals surface area contributed by atoms with E-state index in [2.05, 4.69) is 25.2 Å². The lowest BCUT2D eigenvalue weighted by Gasteiger charge is -2.19. The van der Waals surface area contributed by atoms with Crippen molar-refractivity contribution in [1.29, 1.82) is 0 Å². The molecule has 2 nitrogen and oxygen atoms in total. The molecule has 1 heterocycles. The Morgan fingerprint density at radius 1 is 1.16 bits per heavy atom. The predicted molar refractivity (Wildman–Crippen MR) is 79.9 cm³/mol. The van der Waals surface area contributed by atoms with Crippen LogP contribution in [-0.2, 0) is 0 Å². The van der Waals surface area contributed by atoms with Crippen molar-refractivity contribution in [3.05, 3.63) is 57.5 Å². The van der Waals surface area contributed by atoms with Gasteiger partial charge in [0.15, 0.2) is 0 Å². The van der Waals surface area contributed by atoms with Crippen LogP contribution in [0.5, 0.6) is 0 Å². The van der Waals surface area contributed by atoms with Gasteiger partial charge in [-0.3, -0.25) is 0 Å². The first-order chi connectivity index (χ1) is 9.02. The molecular weight excluding hydrogens is 258 g/mol. The van der Waals surface area contributed by atoms with Gasteiger partial charge in [-0.15, -0.1) is 0 Å². The lowest BCUT2D eigenvalue weighted by molar-refractivity contribution is 0.434. The first-order valence-electron chi connectivity index (χ1n) is 6.59. The molecule has 0 aliphatic rings. The van der Waals surface area contributed by atoms with Gasteiger partial charge in [0.25, 0.3) is 0 Å². The van der Waals surface area contributed by atoms with Crippen molar-refractivity contribution in [2.45, 2.75) is 33.7 Å². The zero-order valence-corrected chi connectivity index (χ0v) is 12.6. The van der Waals surface area contributed by atoms with Gasteiger partial charge in [-0.1, -0.05) is 24.6 Å². The van der Waals surface area contributed by atoms with Gasteiger partial charge >= 0.3 is 0 Å². The first-order valence-corrected chi connectivity index (χ1v) is 6.97. The van der Waals surface area contributed by atoms with Crippen LogP contribution in [0.2, 0.25) is 5.02 Å². The molecule has 3 heteroatoms. The lowest BCUT2D eigenvalue weighted by Crippen LogP contribution is -2.22. The second-order valence-corrected chi connectivity index (χ2v) is 5.30. The van der Waals surface area contributed by atoms with E-state index >= 15 is 0 Å². The Kier molecular flexibility index (Phi) is 4.33. The average Bonchev–Trinajstić information content (AvgIpc) is 2.78. The molecule has 0 aliphatic carbocycles. The van der Waals surface area contributed by atoms with Crippen LogP contribution in [0.1, 0.15) is 41.2 Å². The average molecular weight is 278 g/mol. The monoisotopic (exact) mass is 277 g/mol. The molecule has 1 aromatic heterocycles. The van der Waals surface area contributed by atoms with E-state index < -0.39 is 0 Å². The quantitative estimate of drug-likeness (QED) is 0.886. The molecule has 102 valence electrons. The molecule has 0 fully saturated rings. The smallest absolute Gasteiger partial charge is 0.125 e. The van der Waals surface area contributed by atoms with Crippen molar-refractivity contribution in [3.8, 4) is 0 Å². The molecule has 1 atom stereocenters. The van der Waals surface area contributed by atoms with E-state index in [1.807, 2.05) is 32.0 Å². The maximum absolute atomic E-state index is 6.17. The van der Waals surface area contributed by atoms with Gasteiger partial charge in [-0.2, -0.15) is 0 Å². The maximum Gasteiger partial charge on any atom is 0.125 e. The zero-order valence-electron chi connectivity index (χ0n) is 11.9. The lowest BCUT2D eigenvalue weighted by atomic mass is 9.97. The predicted octanol–water partition coefficient (Wildman–Crippen LogP) is 4.56. The van der Waals surface area contributed by atoms with E-state index in [-0.39, 0.29) is 6.04 Å². The number of hydrogen-bond donors (Lipinski definition) is 1. The van der Waals surface area contributed by atoms with E-state index in [0.29, 0.717) is 0 Å². The second kappa shape index (κ2) is 5.81. The topological polar surface area (TPSA) is 25.2 Å². The minimum atomic E-state index is 0.0784. The summed E-state index contributed by atoms with van der Waals surface area (Å²) in [6, 6.07) is 8.27. The number of benzene rings is 1. The van der Waals surface area contributed by atoms with Gasteiger partial charge < -0.3 is 9.73 Å². The van der Waals surface area contributed by atoms with E-state index in [1.165, 1.54) is 11.1 Å². The molecule has 19 heavy (non-hydrogen) atoms. The van der Waals surface area contributed by atoms with Crippen molar-refractivity contribution in [3.63, 3.8) is 0 Å². The molecule has 0 amide bonds. The van der Waals surface area contributed by atoms with Crippen LogP contribution in [0.15, 0.2) is 28.7 Å². The van der Waals surface area contributed by atoms with E-state index in [4.69, 9.17) is 16.0 Å². The minimum absolute atomic E-state index is 0.0784. The highest BCUT2D eigenvalue weighted by molar-refractivity contribution is 6.31. The summed E-state index contributed by atoms with van der Waals surface area (Å²) in [6.07, 6.45) is 0. The third-order valence-corrected chi connectivity index (χ3v) is 3.72. The Bertz CT molecular complexity index is 574. The minimum Gasteiger partial charge on any atom is -0.464 e. The van der Waals surface area contributed by atoms with E-state index in [9.17, 15) is 0 Å². The normalized spacial score (nSPS) is 12.7. The molecule has 0 spiro atoms. The van der Waals surface area contributed by atoms with Crippen molar-refractivity contribution >= 4 is 11.6 Å². The fourth-order valence-electron chi connectivity index (χ4n) is 2.29. The highest BCUT2D eigenvalue weighted by atomic mass is 35.5. The third-order valence-electron chi connectivity index (χ3n) is 3.31. The summed E-state index contributed by atoms with van der Waals surface area (Å²) in [5.41, 5.74) is 3.49. The number of hydrogen-bond acceptors (Lipinski definition) is 2. The van der Waals surface area contributed by atoms with Crippen LogP contribution in [0.25, 0.3) is 0 Å². The van der Waals surface area contributed by atoms with Gasteiger partial charge in [0.1, 0.15) is 11.5 Å². The van der Waals surface area contributed by atoms with Gasteiger partial charge in [-0.25, -0.2) is 0 Å². The molecule has 0 aliphatic heterocycles. The molecule has 2 rings (SSSR count). The number of halogens is 1. The summed E-state index contributed by atoms with van der Waals surface area (Å²) in [6.45, 7) is 9.06. The van der Waals surface area contributed by atoms with Gasteiger partial charge in [-0.05, 0) is 62.2 Å². The molecule has 0 saturated heterocycles. The number of rotatable bonds is 4. The molecule has 1 aromatic carbocycles. The molecule has 1 unspecified atom stereocenters. The molecule has 0 radical (unpaired) electrons. The standard InChI is InChI=1S/C16H20ClNO/c1-5-18-16(15-7-6-12(4)19-15)13-8-11(3)14(17)9-10(13)2/h6-9,16,18H,5H2,1-4H3. The second-order valence-electron chi connectivity index (χ2n) is 4.90. The highest BCUT2D eigenvalue weighted by Crippen LogP contribution is 2.30. The van der Waals surface area contributed by atoms with Crippen molar-refractivity contribution < 1.29 is 4.42 Å². The Morgan fingerprint density at radius 2 is 1.89 bits per heavy atom. The third kappa shape index (κ3) is 3.02. The van der Waals surface area contributed by atoms with Crippen LogP contribution >= 0.6 is 11.6 Å². The fraction of sp³-hybridized carbons (Fsp3) is 0.375. The van der Waals surface area contributed by atoms with Gasteiger partial charge in [0, 0.05) is 5.02 Å². The summed E-state index contributed by atoms with van der Waals surface area (Å²) in [4.78, 5) is 0. The molecular formula is C16H20ClNO. The van der Waals surface area contributed by atoms with Crippen molar-refractivity contribution in [2.75, 3.05) is 6.54 Å². The Hall–Kier alpha value is -1.25. The Labute approximate surface area is 119 Å². The van der Waals surface area contributed by atoms with E-state index in [0.717, 1.165) is 28.7 Å². The summed E-state index contributed by atoms with van der Waals surface area (Å²) in [7, 11) is 0. The molecule has 2 aromatic rings. The molecule has 0 saturated carbocycles. The van der Waals surface area contributed by atoms with Crippen LogP contribution < -0.4 is 5.32 Å².